The molecule has 5 aromatic carbocycles. The molecule has 0 atom stereocenters. The van der Waals surface area contributed by atoms with E-state index < -0.39 is 0 Å². The van der Waals surface area contributed by atoms with Crippen LogP contribution in [-0.2, 0) is 0 Å². The second-order valence-corrected chi connectivity index (χ2v) is 12.0. The van der Waals surface area contributed by atoms with Crippen LogP contribution in [0.4, 0.5) is 0 Å². The van der Waals surface area contributed by atoms with E-state index in [1.54, 1.807) is 11.3 Å². The first-order valence-corrected chi connectivity index (χ1v) is 15.6. The van der Waals surface area contributed by atoms with Crippen LogP contribution < -0.4 is 0 Å². The van der Waals surface area contributed by atoms with Crippen molar-refractivity contribution >= 4 is 53.3 Å². The summed E-state index contributed by atoms with van der Waals surface area (Å²) in [6, 6.07) is 45.7. The van der Waals surface area contributed by atoms with Gasteiger partial charge in [0.15, 0.2) is 17.5 Å². The summed E-state index contributed by atoms with van der Waals surface area (Å²) >= 11 is 1.78. The number of hydrogen-bond donors (Lipinski definition) is 0. The SMILES string of the molecule is c1ccc(-c2nc(-c3ccccc3)nc(-c3cccc4sc5ccc(-c6ccc7ccc8cccnc8c7n6)cc5c34)n2)cc1. The maximum atomic E-state index is 5.12. The van der Waals surface area contributed by atoms with Gasteiger partial charge >= 0.3 is 0 Å². The molecule has 0 bridgehead atoms. The van der Waals surface area contributed by atoms with Crippen molar-refractivity contribution in [3.8, 4) is 45.4 Å². The molecule has 4 aromatic heterocycles. The quantitative estimate of drug-likeness (QED) is 0.190. The van der Waals surface area contributed by atoms with Crippen LogP contribution >= 0.6 is 11.3 Å². The van der Waals surface area contributed by atoms with Gasteiger partial charge in [0.25, 0.3) is 0 Å². The average Bonchev–Trinajstić information content (AvgIpc) is 3.50. The summed E-state index contributed by atoms with van der Waals surface area (Å²) < 4.78 is 2.39. The normalized spacial score (nSPS) is 11.6. The molecule has 45 heavy (non-hydrogen) atoms. The highest BCUT2D eigenvalue weighted by atomic mass is 32.1. The fourth-order valence-corrected chi connectivity index (χ4v) is 7.10. The zero-order valence-electron chi connectivity index (χ0n) is 23.9. The first-order valence-electron chi connectivity index (χ1n) is 14.8. The Morgan fingerprint density at radius 1 is 0.444 bits per heavy atom. The van der Waals surface area contributed by atoms with Crippen molar-refractivity contribution in [2.75, 3.05) is 0 Å². The van der Waals surface area contributed by atoms with E-state index in [0.717, 1.165) is 60.5 Å². The number of nitrogens with zero attached hydrogens (tertiary/aromatic N) is 5. The third kappa shape index (κ3) is 4.42. The zero-order chi connectivity index (χ0) is 29.7. The van der Waals surface area contributed by atoms with Gasteiger partial charge < -0.3 is 0 Å². The molecule has 0 saturated carbocycles. The minimum absolute atomic E-state index is 0.651. The third-order valence-electron chi connectivity index (χ3n) is 8.16. The van der Waals surface area contributed by atoms with Crippen molar-refractivity contribution in [3.63, 3.8) is 0 Å². The van der Waals surface area contributed by atoms with E-state index in [9.17, 15) is 0 Å². The maximum Gasteiger partial charge on any atom is 0.164 e. The lowest BCUT2D eigenvalue weighted by molar-refractivity contribution is 1.08. The van der Waals surface area contributed by atoms with Crippen LogP contribution in [0.1, 0.15) is 0 Å². The average molecular weight is 594 g/mol. The Hall–Kier alpha value is -5.85. The lowest BCUT2D eigenvalue weighted by Gasteiger charge is -2.10. The van der Waals surface area contributed by atoms with E-state index in [0.29, 0.717) is 17.5 Å². The van der Waals surface area contributed by atoms with E-state index >= 15 is 0 Å². The number of aromatic nitrogens is 5. The minimum atomic E-state index is 0.651. The molecule has 6 heteroatoms. The van der Waals surface area contributed by atoms with E-state index in [1.807, 2.05) is 72.9 Å². The van der Waals surface area contributed by atoms with Gasteiger partial charge in [0.1, 0.15) is 0 Å². The topological polar surface area (TPSA) is 64.5 Å². The second-order valence-electron chi connectivity index (χ2n) is 10.9. The molecule has 0 saturated heterocycles. The molecule has 0 spiro atoms. The Balaban J connectivity index is 1.26. The Bertz CT molecular complexity index is 2480. The van der Waals surface area contributed by atoms with E-state index in [4.69, 9.17) is 19.9 Å². The van der Waals surface area contributed by atoms with E-state index in [2.05, 4.69) is 71.7 Å². The molecule has 9 aromatic rings. The van der Waals surface area contributed by atoms with Gasteiger partial charge in [-0.15, -0.1) is 11.3 Å². The van der Waals surface area contributed by atoms with Gasteiger partial charge in [-0.3, -0.25) is 4.98 Å². The van der Waals surface area contributed by atoms with Crippen LogP contribution in [0, 0.1) is 0 Å². The summed E-state index contributed by atoms with van der Waals surface area (Å²) in [4.78, 5) is 24.8. The Morgan fingerprint density at radius 3 is 1.89 bits per heavy atom. The molecule has 0 aliphatic carbocycles. The summed E-state index contributed by atoms with van der Waals surface area (Å²) in [6.07, 6.45) is 1.83. The summed E-state index contributed by atoms with van der Waals surface area (Å²) in [7, 11) is 0. The Kier molecular flexibility index (Phi) is 5.92. The molecule has 210 valence electrons. The van der Waals surface area contributed by atoms with Gasteiger partial charge in [0.2, 0.25) is 0 Å². The number of thiophene rings is 1. The molecule has 0 aliphatic rings. The molecule has 0 unspecified atom stereocenters. The molecule has 0 fully saturated rings. The van der Waals surface area contributed by atoms with Crippen LogP contribution in [0.5, 0.6) is 0 Å². The van der Waals surface area contributed by atoms with Crippen molar-refractivity contribution in [2.24, 2.45) is 0 Å². The van der Waals surface area contributed by atoms with Crippen LogP contribution in [-0.4, -0.2) is 24.9 Å². The van der Waals surface area contributed by atoms with Crippen molar-refractivity contribution in [3.05, 3.63) is 140 Å². The van der Waals surface area contributed by atoms with Crippen LogP contribution in [0.3, 0.4) is 0 Å². The Morgan fingerprint density at radius 2 is 1.13 bits per heavy atom. The van der Waals surface area contributed by atoms with Crippen molar-refractivity contribution in [1.82, 2.24) is 24.9 Å². The number of fused-ring (bicyclic) bond motifs is 6. The molecule has 0 N–H and O–H groups in total. The highest BCUT2D eigenvalue weighted by molar-refractivity contribution is 7.26. The van der Waals surface area contributed by atoms with Crippen molar-refractivity contribution in [2.45, 2.75) is 0 Å². The van der Waals surface area contributed by atoms with E-state index in [1.165, 1.54) is 9.40 Å². The van der Waals surface area contributed by atoms with Gasteiger partial charge in [-0.2, -0.15) is 0 Å². The fraction of sp³-hybridized carbons (Fsp3) is 0. The van der Waals surface area contributed by atoms with E-state index in [-0.39, 0.29) is 0 Å². The van der Waals surface area contributed by atoms with Gasteiger partial charge in [0, 0.05) is 59.4 Å². The summed E-state index contributed by atoms with van der Waals surface area (Å²) in [5, 5.41) is 4.45. The summed E-state index contributed by atoms with van der Waals surface area (Å²) in [6.45, 7) is 0. The predicted octanol–water partition coefficient (Wildman–Crippen LogP) is 10.0. The maximum absolute atomic E-state index is 5.12. The van der Waals surface area contributed by atoms with Crippen molar-refractivity contribution in [1.29, 1.82) is 0 Å². The molecule has 0 amide bonds. The molecule has 4 heterocycles. The highest BCUT2D eigenvalue weighted by Crippen LogP contribution is 2.41. The molecule has 0 aliphatic heterocycles. The second kappa shape index (κ2) is 10.4. The molecule has 0 radical (unpaired) electrons. The lowest BCUT2D eigenvalue weighted by Crippen LogP contribution is -2.00. The number of pyridine rings is 2. The van der Waals surface area contributed by atoms with Gasteiger partial charge in [-0.05, 0) is 30.3 Å². The van der Waals surface area contributed by atoms with Gasteiger partial charge in [-0.25, -0.2) is 19.9 Å². The van der Waals surface area contributed by atoms with Gasteiger partial charge in [-0.1, -0.05) is 103 Å². The summed E-state index contributed by atoms with van der Waals surface area (Å²) in [5.41, 5.74) is 6.68. The van der Waals surface area contributed by atoms with Crippen LogP contribution in [0.15, 0.2) is 140 Å². The van der Waals surface area contributed by atoms with Crippen LogP contribution in [0.25, 0.3) is 87.4 Å². The number of benzene rings is 5. The minimum Gasteiger partial charge on any atom is -0.254 e. The zero-order valence-corrected chi connectivity index (χ0v) is 24.7. The smallest absolute Gasteiger partial charge is 0.164 e. The molecule has 9 rings (SSSR count). The predicted molar refractivity (Wildman–Crippen MR) is 185 cm³/mol. The lowest BCUT2D eigenvalue weighted by atomic mass is 10.0. The monoisotopic (exact) mass is 593 g/mol. The number of rotatable bonds is 4. The van der Waals surface area contributed by atoms with Gasteiger partial charge in [0.05, 0.1) is 16.7 Å². The first-order chi connectivity index (χ1) is 22.3. The third-order valence-corrected chi connectivity index (χ3v) is 9.30. The fourth-order valence-electron chi connectivity index (χ4n) is 5.99. The molecular formula is C39H23N5S. The largest absolute Gasteiger partial charge is 0.254 e. The van der Waals surface area contributed by atoms with Crippen molar-refractivity contribution < 1.29 is 0 Å². The standard InChI is InChI=1S/C39H23N5S/c1-3-9-26(10-4-1)37-42-38(27-11-5-2-6-12-27)44-39(43-37)29-14-7-15-33-34(29)30-23-28(19-21-32(30)45-33)31-20-18-25-17-16-24-13-8-22-40-35(24)36(25)41-31/h1-23H. The summed E-state index contributed by atoms with van der Waals surface area (Å²) in [5.74, 6) is 1.95. The highest BCUT2D eigenvalue weighted by Gasteiger charge is 2.17. The number of hydrogen-bond acceptors (Lipinski definition) is 6. The molecule has 5 nitrogen and oxygen atoms in total. The van der Waals surface area contributed by atoms with Crippen LogP contribution in [0.2, 0.25) is 0 Å². The first kappa shape index (κ1) is 25.6. The Labute approximate surface area is 262 Å². The molecular weight excluding hydrogens is 571 g/mol.